The molecule has 0 spiro atoms. The molecule has 1 aliphatic rings. The summed E-state index contributed by atoms with van der Waals surface area (Å²) in [5.41, 5.74) is -0.977. The van der Waals surface area contributed by atoms with Gasteiger partial charge in [-0.1, -0.05) is 6.92 Å². The number of aliphatic carboxylic acids is 1. The van der Waals surface area contributed by atoms with Crippen molar-refractivity contribution in [3.63, 3.8) is 0 Å². The summed E-state index contributed by atoms with van der Waals surface area (Å²) in [5, 5.41) is 9.36. The summed E-state index contributed by atoms with van der Waals surface area (Å²) < 4.78 is 28.2. The van der Waals surface area contributed by atoms with Crippen molar-refractivity contribution < 1.29 is 18.3 Å². The maximum absolute atomic E-state index is 12.6. The van der Waals surface area contributed by atoms with E-state index in [9.17, 15) is 18.3 Å². The third kappa shape index (κ3) is 2.57. The van der Waals surface area contributed by atoms with E-state index in [2.05, 4.69) is 4.98 Å². The Morgan fingerprint density at radius 2 is 2.14 bits per heavy atom. The van der Waals surface area contributed by atoms with Crippen molar-refractivity contribution in [2.45, 2.75) is 45.2 Å². The Kier molecular flexibility index (Phi) is 4.12. The van der Waals surface area contributed by atoms with E-state index < -0.39 is 21.4 Å². The number of hydrogen-bond donors (Lipinski definition) is 1. The number of aryl methyl sites for hydroxylation is 2. The van der Waals surface area contributed by atoms with Gasteiger partial charge in [0.25, 0.3) is 10.0 Å². The molecule has 0 bridgehead atoms. The Balaban J connectivity index is 2.31. The fourth-order valence-corrected chi connectivity index (χ4v) is 4.23. The van der Waals surface area contributed by atoms with Gasteiger partial charge in [-0.25, -0.2) is 13.4 Å². The van der Waals surface area contributed by atoms with Crippen LogP contribution in [0.2, 0.25) is 0 Å². The maximum Gasteiger partial charge on any atom is 0.311 e. The van der Waals surface area contributed by atoms with E-state index in [1.165, 1.54) is 10.5 Å². The van der Waals surface area contributed by atoms with Crippen molar-refractivity contribution in [1.29, 1.82) is 0 Å². The van der Waals surface area contributed by atoms with Crippen molar-refractivity contribution >= 4 is 16.0 Å². The first kappa shape index (κ1) is 16.0. The number of sulfonamides is 1. The van der Waals surface area contributed by atoms with Gasteiger partial charge in [-0.3, -0.25) is 4.79 Å². The molecule has 1 aromatic rings. The fourth-order valence-electron chi connectivity index (χ4n) is 2.71. The Hall–Kier alpha value is -1.41. The van der Waals surface area contributed by atoms with Crippen molar-refractivity contribution in [2.24, 2.45) is 5.41 Å². The first-order chi connectivity index (χ1) is 9.76. The van der Waals surface area contributed by atoms with Gasteiger partial charge in [0.15, 0.2) is 5.03 Å². The molecule has 7 nitrogen and oxygen atoms in total. The summed E-state index contributed by atoms with van der Waals surface area (Å²) in [7, 11) is -3.73. The number of aromatic nitrogens is 2. The van der Waals surface area contributed by atoms with Gasteiger partial charge in [0, 0.05) is 25.8 Å². The van der Waals surface area contributed by atoms with Crippen LogP contribution in [0.25, 0.3) is 0 Å². The Bertz CT molecular complexity index is 652. The topological polar surface area (TPSA) is 92.5 Å². The Morgan fingerprint density at radius 3 is 2.57 bits per heavy atom. The summed E-state index contributed by atoms with van der Waals surface area (Å²) in [4.78, 5) is 15.5. The van der Waals surface area contributed by atoms with E-state index in [0.717, 1.165) is 0 Å². The van der Waals surface area contributed by atoms with Crippen LogP contribution in [-0.2, 0) is 21.4 Å². The zero-order valence-corrected chi connectivity index (χ0v) is 13.4. The van der Waals surface area contributed by atoms with Crippen LogP contribution in [0.4, 0.5) is 0 Å². The summed E-state index contributed by atoms with van der Waals surface area (Å²) >= 11 is 0. The molecule has 1 fully saturated rings. The smallest absolute Gasteiger partial charge is 0.311 e. The highest BCUT2D eigenvalue weighted by atomic mass is 32.2. The molecule has 1 saturated heterocycles. The molecule has 2 heterocycles. The van der Waals surface area contributed by atoms with Gasteiger partial charge in [-0.2, -0.15) is 4.31 Å². The van der Waals surface area contributed by atoms with Gasteiger partial charge in [0.05, 0.1) is 5.41 Å². The van der Waals surface area contributed by atoms with Gasteiger partial charge in [0.2, 0.25) is 0 Å². The van der Waals surface area contributed by atoms with Crippen LogP contribution >= 0.6 is 0 Å². The molecule has 0 saturated carbocycles. The molecule has 0 aromatic carbocycles. The second kappa shape index (κ2) is 5.42. The first-order valence-corrected chi connectivity index (χ1v) is 8.48. The molecule has 2 rings (SSSR count). The van der Waals surface area contributed by atoms with Crippen LogP contribution in [-0.4, -0.2) is 46.4 Å². The van der Waals surface area contributed by atoms with Crippen molar-refractivity contribution in [3.8, 4) is 0 Å². The highest BCUT2D eigenvalue weighted by molar-refractivity contribution is 7.89. The molecule has 0 amide bonds. The lowest BCUT2D eigenvalue weighted by Gasteiger charge is -2.22. The summed E-state index contributed by atoms with van der Waals surface area (Å²) in [5.74, 6) is -0.298. The van der Waals surface area contributed by atoms with Gasteiger partial charge in [-0.15, -0.1) is 0 Å². The quantitative estimate of drug-likeness (QED) is 0.878. The predicted octanol–water partition coefficient (Wildman–Crippen LogP) is 1.09. The highest BCUT2D eigenvalue weighted by Crippen LogP contribution is 2.36. The molecule has 8 heteroatoms. The van der Waals surface area contributed by atoms with Gasteiger partial charge in [0.1, 0.15) is 5.82 Å². The third-order valence-corrected chi connectivity index (χ3v) is 6.06. The summed E-state index contributed by atoms with van der Waals surface area (Å²) in [6.45, 7) is 6.32. The van der Waals surface area contributed by atoms with Gasteiger partial charge in [-0.05, 0) is 26.7 Å². The largest absolute Gasteiger partial charge is 0.481 e. The van der Waals surface area contributed by atoms with E-state index in [4.69, 9.17) is 0 Å². The lowest BCUT2D eigenvalue weighted by Crippen LogP contribution is -2.36. The highest BCUT2D eigenvalue weighted by Gasteiger charge is 2.47. The zero-order valence-electron chi connectivity index (χ0n) is 12.5. The average Bonchev–Trinajstić information content (AvgIpc) is 3.03. The molecule has 1 aromatic heterocycles. The first-order valence-electron chi connectivity index (χ1n) is 7.04. The zero-order chi connectivity index (χ0) is 15.8. The van der Waals surface area contributed by atoms with E-state index in [1.807, 2.05) is 6.92 Å². The van der Waals surface area contributed by atoms with Crippen LogP contribution in [0.5, 0.6) is 0 Å². The molecule has 1 unspecified atom stereocenters. The van der Waals surface area contributed by atoms with Crippen LogP contribution < -0.4 is 0 Å². The normalized spacial score (nSPS) is 23.6. The van der Waals surface area contributed by atoms with Crippen LogP contribution in [0, 0.1) is 12.3 Å². The van der Waals surface area contributed by atoms with E-state index in [-0.39, 0.29) is 18.1 Å². The second-order valence-corrected chi connectivity index (χ2v) is 7.32. The average molecular weight is 315 g/mol. The monoisotopic (exact) mass is 315 g/mol. The van der Waals surface area contributed by atoms with Crippen molar-refractivity contribution in [3.05, 3.63) is 12.0 Å². The van der Waals surface area contributed by atoms with Crippen molar-refractivity contribution in [2.75, 3.05) is 13.1 Å². The molecule has 118 valence electrons. The Labute approximate surface area is 124 Å². The van der Waals surface area contributed by atoms with Crippen LogP contribution in [0.1, 0.15) is 32.5 Å². The minimum absolute atomic E-state index is 0.000795. The third-order valence-electron chi connectivity index (χ3n) is 4.35. The molecule has 0 radical (unpaired) electrons. The van der Waals surface area contributed by atoms with E-state index >= 15 is 0 Å². The molecule has 0 aliphatic carbocycles. The lowest BCUT2D eigenvalue weighted by molar-refractivity contribution is -0.148. The number of carboxylic acid groups (broad SMARTS) is 1. The summed E-state index contributed by atoms with van der Waals surface area (Å²) in [6, 6.07) is 0. The molecular formula is C13H21N3O4S. The number of carboxylic acids is 1. The number of carbonyl (C=O) groups is 1. The maximum atomic E-state index is 12.6. The van der Waals surface area contributed by atoms with Gasteiger partial charge >= 0.3 is 5.97 Å². The van der Waals surface area contributed by atoms with E-state index in [0.29, 0.717) is 25.2 Å². The number of imidazole rings is 1. The number of nitrogens with zero attached hydrogens (tertiary/aromatic N) is 3. The molecule has 1 atom stereocenters. The standard InChI is InChI=1S/C13H21N3O4S/c1-4-13(12(17)18)6-7-16(9-13)21(19,20)11-8-15(5-2)10(3)14-11/h8H,4-7,9H2,1-3H3,(H,17,18). The number of hydrogen-bond acceptors (Lipinski definition) is 4. The molecule has 21 heavy (non-hydrogen) atoms. The van der Waals surface area contributed by atoms with Gasteiger partial charge < -0.3 is 9.67 Å². The van der Waals surface area contributed by atoms with E-state index in [1.54, 1.807) is 18.4 Å². The fraction of sp³-hybridized carbons (Fsp3) is 0.692. The SMILES string of the molecule is CCn1cc(S(=O)(=O)N2CCC(CC)(C(=O)O)C2)nc1C. The Morgan fingerprint density at radius 1 is 1.48 bits per heavy atom. The minimum Gasteiger partial charge on any atom is -0.481 e. The predicted molar refractivity (Wildman–Crippen MR) is 76.4 cm³/mol. The number of rotatable bonds is 5. The summed E-state index contributed by atoms with van der Waals surface area (Å²) in [6.07, 6.45) is 2.26. The molecular weight excluding hydrogens is 294 g/mol. The molecule has 1 aliphatic heterocycles. The second-order valence-electron chi connectivity index (χ2n) is 5.44. The van der Waals surface area contributed by atoms with Crippen molar-refractivity contribution in [1.82, 2.24) is 13.9 Å². The lowest BCUT2D eigenvalue weighted by atomic mass is 9.85. The molecule has 1 N–H and O–H groups in total. The van der Waals surface area contributed by atoms with Crippen LogP contribution in [0.15, 0.2) is 11.2 Å². The van der Waals surface area contributed by atoms with Crippen LogP contribution in [0.3, 0.4) is 0 Å². The minimum atomic E-state index is -3.73.